The summed E-state index contributed by atoms with van der Waals surface area (Å²) in [7, 11) is 0. The van der Waals surface area contributed by atoms with Crippen LogP contribution in [-0.2, 0) is 4.79 Å². The number of hydrogen-bond donors (Lipinski definition) is 0. The lowest BCUT2D eigenvalue weighted by atomic mass is 9.91. The van der Waals surface area contributed by atoms with Gasteiger partial charge in [0.25, 0.3) is 0 Å². The lowest BCUT2D eigenvalue weighted by Gasteiger charge is -2.38. The van der Waals surface area contributed by atoms with Gasteiger partial charge in [-0.1, -0.05) is 0 Å². The Morgan fingerprint density at radius 1 is 0.947 bits per heavy atom. The lowest BCUT2D eigenvalue weighted by molar-refractivity contribution is -0.139. The topological polar surface area (TPSA) is 23.6 Å². The molecule has 2 saturated carbocycles. The maximum atomic E-state index is 12.7. The van der Waals surface area contributed by atoms with Crippen LogP contribution >= 0.6 is 0 Å². The number of hydrogen-bond acceptors (Lipinski definition) is 2. The van der Waals surface area contributed by atoms with E-state index in [1.54, 1.807) is 0 Å². The first-order chi connectivity index (χ1) is 9.26. The number of rotatable bonds is 2. The van der Waals surface area contributed by atoms with Crippen molar-refractivity contribution in [2.45, 2.75) is 57.4 Å². The highest BCUT2D eigenvalue weighted by molar-refractivity contribution is 5.79. The number of carbonyl (C=O) groups excluding carboxylic acids is 1. The number of piperidine rings is 2. The van der Waals surface area contributed by atoms with Crippen LogP contribution in [0, 0.1) is 11.3 Å². The third-order valence-electron chi connectivity index (χ3n) is 5.87. The van der Waals surface area contributed by atoms with E-state index >= 15 is 0 Å². The molecule has 1 amide bonds. The SMILES string of the molecule is O=C(C1CCN(C2CC2)CC1)N1CCCC2(CC2)C1. The molecule has 19 heavy (non-hydrogen) atoms. The van der Waals surface area contributed by atoms with Gasteiger partial charge in [0.15, 0.2) is 0 Å². The Morgan fingerprint density at radius 2 is 1.68 bits per heavy atom. The Kier molecular flexibility index (Phi) is 2.87. The van der Waals surface area contributed by atoms with E-state index in [1.807, 2.05) is 0 Å². The molecule has 0 unspecified atom stereocenters. The molecule has 0 radical (unpaired) electrons. The highest BCUT2D eigenvalue weighted by Gasteiger charge is 2.47. The van der Waals surface area contributed by atoms with Crippen LogP contribution < -0.4 is 0 Å². The summed E-state index contributed by atoms with van der Waals surface area (Å²) in [6.07, 6.45) is 10.4. The Morgan fingerprint density at radius 3 is 2.32 bits per heavy atom. The molecule has 0 aromatic heterocycles. The second-order valence-corrected chi connectivity index (χ2v) is 7.40. The minimum atomic E-state index is 0.337. The molecule has 3 heteroatoms. The lowest BCUT2D eigenvalue weighted by Crippen LogP contribution is -2.47. The van der Waals surface area contributed by atoms with Crippen LogP contribution in [0.25, 0.3) is 0 Å². The van der Waals surface area contributed by atoms with Gasteiger partial charge in [0, 0.05) is 25.0 Å². The summed E-state index contributed by atoms with van der Waals surface area (Å²) in [5.41, 5.74) is 0.572. The van der Waals surface area contributed by atoms with E-state index in [4.69, 9.17) is 0 Å². The van der Waals surface area contributed by atoms with Crippen molar-refractivity contribution in [1.82, 2.24) is 9.80 Å². The average Bonchev–Trinajstić information content (AvgIpc) is 3.35. The quantitative estimate of drug-likeness (QED) is 0.762. The molecule has 3 nitrogen and oxygen atoms in total. The summed E-state index contributed by atoms with van der Waals surface area (Å²) in [5.74, 6) is 0.824. The monoisotopic (exact) mass is 262 g/mol. The van der Waals surface area contributed by atoms with E-state index in [2.05, 4.69) is 9.80 Å². The van der Waals surface area contributed by atoms with Crippen molar-refractivity contribution >= 4 is 5.91 Å². The summed E-state index contributed by atoms with van der Waals surface area (Å²) in [5, 5.41) is 0. The fraction of sp³-hybridized carbons (Fsp3) is 0.938. The Hall–Kier alpha value is -0.570. The van der Waals surface area contributed by atoms with Gasteiger partial charge in [-0.2, -0.15) is 0 Å². The third-order valence-corrected chi connectivity index (χ3v) is 5.87. The Balaban J connectivity index is 1.33. The summed E-state index contributed by atoms with van der Waals surface area (Å²) in [4.78, 5) is 17.5. The standard InChI is InChI=1S/C16H26N2O/c19-15(18-9-1-6-16(12-18)7-8-16)13-4-10-17(11-5-13)14-2-3-14/h13-14H,1-12H2. The van der Waals surface area contributed by atoms with Crippen molar-refractivity contribution in [3.63, 3.8) is 0 Å². The normalized spacial score (nSPS) is 31.7. The number of amides is 1. The van der Waals surface area contributed by atoms with E-state index in [9.17, 15) is 4.79 Å². The van der Waals surface area contributed by atoms with E-state index in [0.29, 0.717) is 17.2 Å². The number of nitrogens with zero attached hydrogens (tertiary/aromatic N) is 2. The van der Waals surface area contributed by atoms with Crippen LogP contribution in [0.2, 0.25) is 0 Å². The Labute approximate surface area is 116 Å². The Bertz CT molecular complexity index is 365. The maximum Gasteiger partial charge on any atom is 0.225 e. The first kappa shape index (κ1) is 12.2. The molecule has 4 aliphatic rings. The van der Waals surface area contributed by atoms with Gasteiger partial charge in [0.2, 0.25) is 5.91 Å². The van der Waals surface area contributed by atoms with Crippen molar-refractivity contribution in [3.05, 3.63) is 0 Å². The fourth-order valence-electron chi connectivity index (χ4n) is 4.19. The van der Waals surface area contributed by atoms with Gasteiger partial charge in [-0.05, 0) is 69.9 Å². The van der Waals surface area contributed by atoms with Crippen LogP contribution in [0.5, 0.6) is 0 Å². The van der Waals surface area contributed by atoms with E-state index in [1.165, 1.54) is 51.6 Å². The molecule has 2 saturated heterocycles. The second kappa shape index (κ2) is 4.47. The van der Waals surface area contributed by atoms with Crippen LogP contribution in [0.4, 0.5) is 0 Å². The molecule has 106 valence electrons. The molecule has 2 aliphatic heterocycles. The van der Waals surface area contributed by atoms with Crippen LogP contribution in [-0.4, -0.2) is 47.9 Å². The molecule has 0 N–H and O–H groups in total. The average molecular weight is 262 g/mol. The molecule has 2 aliphatic carbocycles. The van der Waals surface area contributed by atoms with Crippen molar-refractivity contribution in [3.8, 4) is 0 Å². The predicted octanol–water partition coefficient (Wildman–Crippen LogP) is 2.26. The van der Waals surface area contributed by atoms with Crippen LogP contribution in [0.3, 0.4) is 0 Å². The van der Waals surface area contributed by atoms with Gasteiger partial charge in [0.05, 0.1) is 0 Å². The largest absolute Gasteiger partial charge is 0.342 e. The minimum absolute atomic E-state index is 0.337. The van der Waals surface area contributed by atoms with E-state index in [-0.39, 0.29) is 0 Å². The van der Waals surface area contributed by atoms with Crippen molar-refractivity contribution < 1.29 is 4.79 Å². The maximum absolute atomic E-state index is 12.7. The number of likely N-dealkylation sites (tertiary alicyclic amines) is 2. The van der Waals surface area contributed by atoms with Gasteiger partial charge in [-0.25, -0.2) is 0 Å². The summed E-state index contributed by atoms with van der Waals surface area (Å²) < 4.78 is 0. The van der Waals surface area contributed by atoms with Gasteiger partial charge in [-0.3, -0.25) is 4.79 Å². The molecule has 0 atom stereocenters. The summed E-state index contributed by atoms with van der Waals surface area (Å²) in [6, 6.07) is 0.876. The fourth-order valence-corrected chi connectivity index (χ4v) is 4.19. The first-order valence-electron chi connectivity index (χ1n) is 8.29. The zero-order chi connectivity index (χ0) is 12.9. The van der Waals surface area contributed by atoms with E-state index < -0.39 is 0 Å². The molecule has 0 aromatic rings. The highest BCUT2D eigenvalue weighted by Crippen LogP contribution is 2.52. The molecule has 4 fully saturated rings. The summed E-state index contributed by atoms with van der Waals surface area (Å²) in [6.45, 7) is 4.44. The smallest absolute Gasteiger partial charge is 0.225 e. The van der Waals surface area contributed by atoms with Gasteiger partial charge >= 0.3 is 0 Å². The highest BCUT2D eigenvalue weighted by atomic mass is 16.2. The predicted molar refractivity (Wildman–Crippen MR) is 74.8 cm³/mol. The van der Waals surface area contributed by atoms with Gasteiger partial charge in [-0.15, -0.1) is 0 Å². The zero-order valence-corrected chi connectivity index (χ0v) is 11.9. The summed E-state index contributed by atoms with van der Waals surface area (Å²) >= 11 is 0. The first-order valence-corrected chi connectivity index (χ1v) is 8.29. The molecule has 1 spiro atoms. The molecule has 2 heterocycles. The van der Waals surface area contributed by atoms with Crippen LogP contribution in [0.1, 0.15) is 51.4 Å². The molecular weight excluding hydrogens is 236 g/mol. The van der Waals surface area contributed by atoms with E-state index in [0.717, 1.165) is 32.0 Å². The zero-order valence-electron chi connectivity index (χ0n) is 11.9. The minimum Gasteiger partial charge on any atom is -0.342 e. The van der Waals surface area contributed by atoms with Crippen molar-refractivity contribution in [2.75, 3.05) is 26.2 Å². The third kappa shape index (κ3) is 2.42. The molecule has 0 aromatic carbocycles. The molecule has 0 bridgehead atoms. The van der Waals surface area contributed by atoms with Gasteiger partial charge in [0.1, 0.15) is 0 Å². The van der Waals surface area contributed by atoms with Gasteiger partial charge < -0.3 is 9.80 Å². The second-order valence-electron chi connectivity index (χ2n) is 7.40. The van der Waals surface area contributed by atoms with Crippen molar-refractivity contribution in [2.24, 2.45) is 11.3 Å². The van der Waals surface area contributed by atoms with Crippen molar-refractivity contribution in [1.29, 1.82) is 0 Å². The number of carbonyl (C=O) groups is 1. The molecular formula is C16H26N2O. The van der Waals surface area contributed by atoms with Crippen LogP contribution in [0.15, 0.2) is 0 Å². The molecule has 4 rings (SSSR count).